The summed E-state index contributed by atoms with van der Waals surface area (Å²) in [5.74, 6) is 0. The van der Waals surface area contributed by atoms with E-state index in [-0.39, 0.29) is 12.6 Å². The highest BCUT2D eigenvalue weighted by molar-refractivity contribution is 6.33. The second-order valence-electron chi connectivity index (χ2n) is 5.02. The monoisotopic (exact) mass is 268 g/mol. The zero-order valence-electron chi connectivity index (χ0n) is 10.5. The van der Waals surface area contributed by atoms with Crippen molar-refractivity contribution in [1.82, 2.24) is 5.32 Å². The molecule has 1 aromatic carbocycles. The number of benzene rings is 1. The van der Waals surface area contributed by atoms with E-state index < -0.39 is 0 Å². The standard InChI is InChI=1S/C14H21ClN2O/c15-12-8-10(6-7-13(12)16)14(9-18)17-11-4-2-1-3-5-11/h6-8,11,14,17-18H,1-5,9,16H2. The predicted octanol–water partition coefficient (Wildman–Crippen LogP) is 2.88. The van der Waals surface area contributed by atoms with Gasteiger partial charge in [-0.15, -0.1) is 0 Å². The Hall–Kier alpha value is -0.770. The first-order valence-corrected chi connectivity index (χ1v) is 7.00. The normalized spacial score (nSPS) is 18.8. The number of anilines is 1. The highest BCUT2D eigenvalue weighted by atomic mass is 35.5. The number of nitrogens with two attached hydrogens (primary N) is 1. The molecule has 0 heterocycles. The van der Waals surface area contributed by atoms with E-state index in [4.69, 9.17) is 17.3 Å². The molecule has 3 nitrogen and oxygen atoms in total. The van der Waals surface area contributed by atoms with E-state index in [9.17, 15) is 5.11 Å². The van der Waals surface area contributed by atoms with E-state index in [1.807, 2.05) is 12.1 Å². The van der Waals surface area contributed by atoms with Gasteiger partial charge in [-0.1, -0.05) is 36.9 Å². The number of hydrogen-bond donors (Lipinski definition) is 3. The molecule has 0 radical (unpaired) electrons. The van der Waals surface area contributed by atoms with E-state index in [2.05, 4.69) is 5.32 Å². The fraction of sp³-hybridized carbons (Fsp3) is 0.571. The van der Waals surface area contributed by atoms with Crippen molar-refractivity contribution in [3.05, 3.63) is 28.8 Å². The first-order valence-electron chi connectivity index (χ1n) is 6.62. The molecule has 0 saturated heterocycles. The summed E-state index contributed by atoms with van der Waals surface area (Å²) in [6, 6.07) is 6.02. The minimum atomic E-state index is -0.0498. The van der Waals surface area contributed by atoms with Crippen LogP contribution in [0.3, 0.4) is 0 Å². The van der Waals surface area contributed by atoms with Crippen molar-refractivity contribution < 1.29 is 5.11 Å². The Bertz CT molecular complexity index is 391. The largest absolute Gasteiger partial charge is 0.398 e. The number of aliphatic hydroxyl groups excluding tert-OH is 1. The fourth-order valence-electron chi connectivity index (χ4n) is 2.57. The molecule has 1 atom stereocenters. The van der Waals surface area contributed by atoms with Gasteiger partial charge < -0.3 is 16.2 Å². The Balaban J connectivity index is 2.04. The third kappa shape index (κ3) is 3.37. The highest BCUT2D eigenvalue weighted by Crippen LogP contribution is 2.25. The van der Waals surface area contributed by atoms with Crippen molar-refractivity contribution in [2.45, 2.75) is 44.2 Å². The summed E-state index contributed by atoms with van der Waals surface area (Å²) in [4.78, 5) is 0. The zero-order valence-corrected chi connectivity index (χ0v) is 11.3. The molecule has 0 bridgehead atoms. The van der Waals surface area contributed by atoms with E-state index in [0.717, 1.165) is 5.56 Å². The Kier molecular flexibility index (Phi) is 4.87. The molecule has 0 spiro atoms. The average molecular weight is 269 g/mol. The van der Waals surface area contributed by atoms with Crippen molar-refractivity contribution in [1.29, 1.82) is 0 Å². The molecule has 0 amide bonds. The lowest BCUT2D eigenvalue weighted by Crippen LogP contribution is -2.36. The van der Waals surface area contributed by atoms with Gasteiger partial charge in [0.15, 0.2) is 0 Å². The van der Waals surface area contributed by atoms with Crippen LogP contribution in [0.5, 0.6) is 0 Å². The van der Waals surface area contributed by atoms with Crippen LogP contribution in [0.4, 0.5) is 5.69 Å². The van der Waals surface area contributed by atoms with Crippen LogP contribution in [-0.4, -0.2) is 17.8 Å². The number of hydrogen-bond acceptors (Lipinski definition) is 3. The zero-order chi connectivity index (χ0) is 13.0. The number of nitrogen functional groups attached to an aromatic ring is 1. The summed E-state index contributed by atoms with van der Waals surface area (Å²) < 4.78 is 0. The van der Waals surface area contributed by atoms with Crippen molar-refractivity contribution in [2.75, 3.05) is 12.3 Å². The molecule has 4 heteroatoms. The van der Waals surface area contributed by atoms with Gasteiger partial charge in [-0.25, -0.2) is 0 Å². The van der Waals surface area contributed by atoms with Crippen molar-refractivity contribution in [3.63, 3.8) is 0 Å². The molecule has 1 aromatic rings. The number of halogens is 1. The van der Waals surface area contributed by atoms with Crippen LogP contribution in [0, 0.1) is 0 Å². The number of rotatable bonds is 4. The molecule has 1 aliphatic rings. The van der Waals surface area contributed by atoms with Crippen LogP contribution in [0.15, 0.2) is 18.2 Å². The topological polar surface area (TPSA) is 58.3 Å². The lowest BCUT2D eigenvalue weighted by Gasteiger charge is -2.28. The van der Waals surface area contributed by atoms with Crippen LogP contribution in [0.1, 0.15) is 43.7 Å². The smallest absolute Gasteiger partial charge is 0.0638 e. The van der Waals surface area contributed by atoms with Crippen molar-refractivity contribution >= 4 is 17.3 Å². The molecule has 0 aromatic heterocycles. The van der Waals surface area contributed by atoms with Crippen LogP contribution in [0.2, 0.25) is 5.02 Å². The van der Waals surface area contributed by atoms with Gasteiger partial charge in [0.25, 0.3) is 0 Å². The Morgan fingerprint density at radius 2 is 2.06 bits per heavy atom. The van der Waals surface area contributed by atoms with Gasteiger partial charge in [0.1, 0.15) is 0 Å². The lowest BCUT2D eigenvalue weighted by molar-refractivity contribution is 0.220. The van der Waals surface area contributed by atoms with Gasteiger partial charge >= 0.3 is 0 Å². The maximum absolute atomic E-state index is 9.53. The summed E-state index contributed by atoms with van der Waals surface area (Å²) in [5.41, 5.74) is 7.28. The number of nitrogens with one attached hydrogen (secondary N) is 1. The summed E-state index contributed by atoms with van der Waals surface area (Å²) in [6.07, 6.45) is 6.27. The van der Waals surface area contributed by atoms with Crippen LogP contribution in [0.25, 0.3) is 0 Å². The van der Waals surface area contributed by atoms with E-state index in [1.54, 1.807) is 6.07 Å². The highest BCUT2D eigenvalue weighted by Gasteiger charge is 2.19. The first-order chi connectivity index (χ1) is 8.70. The third-order valence-corrected chi connectivity index (χ3v) is 3.98. The van der Waals surface area contributed by atoms with Crippen LogP contribution in [-0.2, 0) is 0 Å². The van der Waals surface area contributed by atoms with Crippen LogP contribution < -0.4 is 11.1 Å². The van der Waals surface area contributed by atoms with Gasteiger partial charge in [-0.05, 0) is 30.5 Å². The third-order valence-electron chi connectivity index (χ3n) is 3.65. The molecule has 1 unspecified atom stereocenters. The van der Waals surface area contributed by atoms with E-state index >= 15 is 0 Å². The Morgan fingerprint density at radius 3 is 2.67 bits per heavy atom. The van der Waals surface area contributed by atoms with Gasteiger partial charge in [0, 0.05) is 6.04 Å². The number of aliphatic hydroxyl groups is 1. The van der Waals surface area contributed by atoms with Gasteiger partial charge in [-0.2, -0.15) is 0 Å². The first kappa shape index (κ1) is 13.7. The maximum Gasteiger partial charge on any atom is 0.0638 e. The quantitative estimate of drug-likeness (QED) is 0.736. The molecular formula is C14H21ClN2O. The molecule has 1 saturated carbocycles. The molecule has 0 aliphatic heterocycles. The van der Waals surface area contributed by atoms with Gasteiger partial charge in [-0.3, -0.25) is 0 Å². The minimum Gasteiger partial charge on any atom is -0.398 e. The molecule has 2 rings (SSSR count). The second kappa shape index (κ2) is 6.41. The van der Waals surface area contributed by atoms with E-state index in [0.29, 0.717) is 16.8 Å². The van der Waals surface area contributed by atoms with Crippen LogP contribution >= 0.6 is 11.6 Å². The maximum atomic E-state index is 9.53. The average Bonchev–Trinajstić information content (AvgIpc) is 2.40. The summed E-state index contributed by atoms with van der Waals surface area (Å²) in [6.45, 7) is 0.0801. The summed E-state index contributed by atoms with van der Waals surface area (Å²) in [5, 5.41) is 13.6. The SMILES string of the molecule is Nc1ccc(C(CO)NC2CCCCC2)cc1Cl. The molecule has 1 aliphatic carbocycles. The Labute approximate surface area is 113 Å². The molecule has 100 valence electrons. The van der Waals surface area contributed by atoms with Crippen molar-refractivity contribution in [3.8, 4) is 0 Å². The van der Waals surface area contributed by atoms with Gasteiger partial charge in [0.05, 0.1) is 23.4 Å². The van der Waals surface area contributed by atoms with E-state index in [1.165, 1.54) is 32.1 Å². The predicted molar refractivity (Wildman–Crippen MR) is 75.7 cm³/mol. The molecule has 1 fully saturated rings. The lowest BCUT2D eigenvalue weighted by atomic mass is 9.94. The molecular weight excluding hydrogens is 248 g/mol. The molecule has 18 heavy (non-hydrogen) atoms. The van der Waals surface area contributed by atoms with Gasteiger partial charge in [0.2, 0.25) is 0 Å². The Morgan fingerprint density at radius 1 is 1.33 bits per heavy atom. The summed E-state index contributed by atoms with van der Waals surface area (Å²) in [7, 11) is 0. The second-order valence-corrected chi connectivity index (χ2v) is 5.42. The molecule has 4 N–H and O–H groups in total. The fourth-order valence-corrected chi connectivity index (χ4v) is 2.76. The minimum absolute atomic E-state index is 0.0498. The van der Waals surface area contributed by atoms with Crippen molar-refractivity contribution in [2.24, 2.45) is 0 Å². The summed E-state index contributed by atoms with van der Waals surface area (Å²) >= 11 is 6.02.